The summed E-state index contributed by atoms with van der Waals surface area (Å²) in [5.74, 6) is -0.269. The van der Waals surface area contributed by atoms with Crippen LogP contribution in [0, 0.1) is 6.92 Å². The first-order chi connectivity index (χ1) is 14.3. The zero-order valence-corrected chi connectivity index (χ0v) is 15.8. The SMILES string of the molecule is Cc1cc(-c2ncn(/C=C\C(=O)Nn3ccc4ccccc43)n2)cc(C(F)(F)F)c1. The van der Waals surface area contributed by atoms with Crippen molar-refractivity contribution in [2.75, 3.05) is 5.43 Å². The van der Waals surface area contributed by atoms with Gasteiger partial charge in [0.1, 0.15) is 6.33 Å². The third kappa shape index (κ3) is 4.09. The maximum atomic E-state index is 13.0. The molecule has 0 saturated carbocycles. The number of hydrogen-bond acceptors (Lipinski definition) is 3. The quantitative estimate of drug-likeness (QED) is 0.504. The minimum absolute atomic E-state index is 0.130. The van der Waals surface area contributed by atoms with Gasteiger partial charge in [0, 0.05) is 29.4 Å². The van der Waals surface area contributed by atoms with E-state index >= 15 is 0 Å². The number of benzene rings is 2. The summed E-state index contributed by atoms with van der Waals surface area (Å²) in [6, 6.07) is 13.1. The van der Waals surface area contributed by atoms with Crippen LogP contribution in [0.25, 0.3) is 28.5 Å². The number of nitrogens with zero attached hydrogens (tertiary/aromatic N) is 4. The molecule has 1 N–H and O–H groups in total. The van der Waals surface area contributed by atoms with Gasteiger partial charge < -0.3 is 0 Å². The molecular weight excluding hydrogens is 395 g/mol. The summed E-state index contributed by atoms with van der Waals surface area (Å²) in [5.41, 5.74) is 3.49. The summed E-state index contributed by atoms with van der Waals surface area (Å²) in [5, 5.41) is 5.11. The lowest BCUT2D eigenvalue weighted by atomic mass is 10.1. The predicted octanol–water partition coefficient (Wildman–Crippen LogP) is 4.47. The fourth-order valence-electron chi connectivity index (χ4n) is 3.04. The van der Waals surface area contributed by atoms with E-state index in [1.54, 1.807) is 23.9 Å². The number of amides is 1. The highest BCUT2D eigenvalue weighted by Gasteiger charge is 2.31. The summed E-state index contributed by atoms with van der Waals surface area (Å²) in [4.78, 5) is 16.2. The van der Waals surface area contributed by atoms with Gasteiger partial charge in [-0.2, -0.15) is 13.2 Å². The van der Waals surface area contributed by atoms with Gasteiger partial charge in [-0.05, 0) is 42.8 Å². The molecule has 30 heavy (non-hydrogen) atoms. The smallest absolute Gasteiger partial charge is 0.268 e. The van der Waals surface area contributed by atoms with Crippen molar-refractivity contribution in [2.45, 2.75) is 13.1 Å². The van der Waals surface area contributed by atoms with Crippen molar-refractivity contribution in [2.24, 2.45) is 0 Å². The van der Waals surface area contributed by atoms with Gasteiger partial charge >= 0.3 is 6.18 Å². The maximum absolute atomic E-state index is 13.0. The molecule has 4 rings (SSSR count). The molecule has 0 unspecified atom stereocenters. The van der Waals surface area contributed by atoms with Crippen LogP contribution in [0.2, 0.25) is 0 Å². The number of aromatic nitrogens is 4. The third-order valence-electron chi connectivity index (χ3n) is 4.38. The number of rotatable bonds is 4. The molecule has 0 aliphatic carbocycles. The maximum Gasteiger partial charge on any atom is 0.416 e. The fourth-order valence-corrected chi connectivity index (χ4v) is 3.04. The number of carbonyl (C=O) groups excluding carboxylic acids is 1. The lowest BCUT2D eigenvalue weighted by Crippen LogP contribution is -2.19. The average molecular weight is 411 g/mol. The largest absolute Gasteiger partial charge is 0.416 e. The standard InChI is InChI=1S/C21H16F3N5O/c1-14-10-16(12-17(11-14)21(22,23)24)20-25-13-28(27-20)8-7-19(30)26-29-9-6-15-4-2-3-5-18(15)29/h2-13H,1H3,(H,26,30)/b8-7-. The second kappa shape index (κ2) is 7.51. The van der Waals surface area contributed by atoms with Crippen molar-refractivity contribution < 1.29 is 18.0 Å². The molecule has 0 fully saturated rings. The average Bonchev–Trinajstić information content (AvgIpc) is 3.33. The molecule has 0 aliphatic rings. The Morgan fingerprint density at radius 1 is 1.13 bits per heavy atom. The molecule has 0 saturated heterocycles. The molecule has 2 aromatic heterocycles. The van der Waals surface area contributed by atoms with Gasteiger partial charge in [-0.1, -0.05) is 18.2 Å². The van der Waals surface area contributed by atoms with E-state index in [9.17, 15) is 18.0 Å². The number of hydrogen-bond donors (Lipinski definition) is 1. The van der Waals surface area contributed by atoms with Crippen molar-refractivity contribution in [3.8, 4) is 11.4 Å². The summed E-state index contributed by atoms with van der Waals surface area (Å²) >= 11 is 0. The highest BCUT2D eigenvalue weighted by atomic mass is 19.4. The van der Waals surface area contributed by atoms with Crippen molar-refractivity contribution in [1.29, 1.82) is 0 Å². The van der Waals surface area contributed by atoms with E-state index in [1.165, 1.54) is 23.3 Å². The zero-order valence-electron chi connectivity index (χ0n) is 15.8. The lowest BCUT2D eigenvalue weighted by Gasteiger charge is -2.09. The van der Waals surface area contributed by atoms with Crippen molar-refractivity contribution in [1.82, 2.24) is 19.4 Å². The molecular formula is C21H16F3N5O. The van der Waals surface area contributed by atoms with E-state index in [0.717, 1.165) is 23.0 Å². The van der Waals surface area contributed by atoms with Crippen LogP contribution in [0.3, 0.4) is 0 Å². The normalized spacial score (nSPS) is 12.0. The minimum Gasteiger partial charge on any atom is -0.268 e. The highest BCUT2D eigenvalue weighted by Crippen LogP contribution is 2.32. The molecule has 0 spiro atoms. The number of para-hydroxylation sites is 1. The molecule has 2 aromatic carbocycles. The lowest BCUT2D eigenvalue weighted by molar-refractivity contribution is -0.137. The van der Waals surface area contributed by atoms with Gasteiger partial charge in [0.2, 0.25) is 0 Å². The Hall–Kier alpha value is -3.88. The second-order valence-corrected chi connectivity index (χ2v) is 6.67. The fraction of sp³-hybridized carbons (Fsp3) is 0.0952. The highest BCUT2D eigenvalue weighted by molar-refractivity contribution is 5.97. The topological polar surface area (TPSA) is 64.7 Å². The van der Waals surface area contributed by atoms with Crippen LogP contribution in [-0.4, -0.2) is 25.3 Å². The van der Waals surface area contributed by atoms with E-state index in [4.69, 9.17) is 0 Å². The van der Waals surface area contributed by atoms with E-state index in [1.807, 2.05) is 30.3 Å². The minimum atomic E-state index is -4.45. The Labute approximate surface area is 169 Å². The first kappa shape index (κ1) is 19.4. The molecule has 9 heteroatoms. The van der Waals surface area contributed by atoms with Crippen LogP contribution in [0.4, 0.5) is 13.2 Å². The van der Waals surface area contributed by atoms with Crippen LogP contribution < -0.4 is 5.43 Å². The zero-order chi connectivity index (χ0) is 21.3. The molecule has 6 nitrogen and oxygen atoms in total. The van der Waals surface area contributed by atoms with Gasteiger partial charge in [0.15, 0.2) is 5.82 Å². The number of halogens is 3. The molecule has 0 atom stereocenters. The Kier molecular flexibility index (Phi) is 4.86. The Morgan fingerprint density at radius 2 is 1.93 bits per heavy atom. The van der Waals surface area contributed by atoms with E-state index < -0.39 is 17.6 Å². The van der Waals surface area contributed by atoms with Crippen LogP contribution in [-0.2, 0) is 11.0 Å². The molecule has 1 amide bonds. The Balaban J connectivity index is 1.50. The third-order valence-corrected chi connectivity index (χ3v) is 4.38. The van der Waals surface area contributed by atoms with Gasteiger partial charge in [0.05, 0.1) is 11.1 Å². The van der Waals surface area contributed by atoms with Crippen LogP contribution in [0.15, 0.2) is 67.1 Å². The van der Waals surface area contributed by atoms with E-state index in [2.05, 4.69) is 15.5 Å². The molecule has 0 aliphatic heterocycles. The number of alkyl halides is 3. The summed E-state index contributed by atoms with van der Waals surface area (Å²) in [6.07, 6.45) is 1.23. The summed E-state index contributed by atoms with van der Waals surface area (Å²) < 4.78 is 41.9. The molecule has 0 radical (unpaired) electrons. The van der Waals surface area contributed by atoms with Crippen molar-refractivity contribution in [3.63, 3.8) is 0 Å². The number of aryl methyl sites for hydroxylation is 1. The molecule has 152 valence electrons. The van der Waals surface area contributed by atoms with E-state index in [-0.39, 0.29) is 11.4 Å². The summed E-state index contributed by atoms with van der Waals surface area (Å²) in [6.45, 7) is 1.57. The number of carbonyl (C=O) groups is 1. The van der Waals surface area contributed by atoms with Gasteiger partial charge in [-0.25, -0.2) is 9.67 Å². The van der Waals surface area contributed by atoms with Crippen LogP contribution in [0.1, 0.15) is 11.1 Å². The van der Waals surface area contributed by atoms with Gasteiger partial charge in [0.25, 0.3) is 5.91 Å². The van der Waals surface area contributed by atoms with Crippen LogP contribution >= 0.6 is 0 Å². The monoisotopic (exact) mass is 411 g/mol. The second-order valence-electron chi connectivity index (χ2n) is 6.67. The van der Waals surface area contributed by atoms with Crippen LogP contribution in [0.5, 0.6) is 0 Å². The van der Waals surface area contributed by atoms with Crippen molar-refractivity contribution >= 4 is 23.0 Å². The Morgan fingerprint density at radius 3 is 2.73 bits per heavy atom. The Bertz CT molecular complexity index is 1250. The van der Waals surface area contributed by atoms with E-state index in [0.29, 0.717) is 5.56 Å². The van der Waals surface area contributed by atoms with Gasteiger partial charge in [-0.3, -0.25) is 14.9 Å². The first-order valence-electron chi connectivity index (χ1n) is 8.95. The predicted molar refractivity (Wildman–Crippen MR) is 107 cm³/mol. The van der Waals surface area contributed by atoms with Crippen molar-refractivity contribution in [3.05, 3.63) is 78.3 Å². The first-order valence-corrected chi connectivity index (χ1v) is 8.95. The number of nitrogens with one attached hydrogen (secondary N) is 1. The molecule has 0 bridgehead atoms. The molecule has 4 aromatic rings. The summed E-state index contributed by atoms with van der Waals surface area (Å²) in [7, 11) is 0. The number of fused-ring (bicyclic) bond motifs is 1. The van der Waals surface area contributed by atoms with Gasteiger partial charge in [-0.15, -0.1) is 5.10 Å². The molecule has 2 heterocycles.